The van der Waals surface area contributed by atoms with E-state index in [1.54, 1.807) is 30.5 Å². The molecule has 0 unspecified atom stereocenters. The number of carbonyl (C=O) groups is 1. The number of halogens is 1. The molecule has 3 aliphatic heterocycles. The Morgan fingerprint density at radius 2 is 1.82 bits per heavy atom. The van der Waals surface area contributed by atoms with Crippen molar-refractivity contribution in [3.8, 4) is 17.2 Å². The van der Waals surface area contributed by atoms with Gasteiger partial charge in [-0.2, -0.15) is 0 Å². The van der Waals surface area contributed by atoms with E-state index in [1.165, 1.54) is 60.8 Å². The number of carbonyl (C=O) groups excluding carboxylic acids is 1. The molecule has 2 saturated heterocycles. The first-order valence-corrected chi connectivity index (χ1v) is 26.2. The van der Waals surface area contributed by atoms with Gasteiger partial charge in [0.1, 0.15) is 34.4 Å². The Kier molecular flexibility index (Phi) is 12.3. The van der Waals surface area contributed by atoms with Crippen LogP contribution in [0.2, 0.25) is 5.02 Å². The van der Waals surface area contributed by atoms with E-state index in [2.05, 4.69) is 62.6 Å². The van der Waals surface area contributed by atoms with Crippen molar-refractivity contribution in [2.75, 3.05) is 31.1 Å². The number of nitrogens with zero attached hydrogens (tertiary/aromatic N) is 4. The lowest BCUT2D eigenvalue weighted by atomic mass is 9.59. The molecule has 1 amide bonds. The van der Waals surface area contributed by atoms with E-state index in [-0.39, 0.29) is 50.9 Å². The van der Waals surface area contributed by atoms with E-state index in [4.69, 9.17) is 21.1 Å². The minimum Gasteiger partial charge on any atom is -0.491 e. The molecule has 3 N–H and O–H groups in total. The Morgan fingerprint density at radius 1 is 1.06 bits per heavy atom. The molecule has 0 radical (unpaired) electrons. The van der Waals surface area contributed by atoms with Gasteiger partial charge < -0.3 is 24.5 Å². The molecule has 0 bridgehead atoms. The third-order valence-corrected chi connectivity index (χ3v) is 18.3. The van der Waals surface area contributed by atoms with Gasteiger partial charge in [-0.25, -0.2) is 18.1 Å². The van der Waals surface area contributed by atoms with Gasteiger partial charge in [0.2, 0.25) is 0 Å². The number of thioether (sulfide) groups is 1. The molecule has 5 aliphatic rings. The number of nitro benzene ring substituents is 1. The molecule has 2 aromatic heterocycles. The molecule has 2 atom stereocenters. The summed E-state index contributed by atoms with van der Waals surface area (Å²) in [5.74, 6) is 0.145. The summed E-state index contributed by atoms with van der Waals surface area (Å²) < 4.78 is 42.5. The highest BCUT2D eigenvalue weighted by Crippen LogP contribution is 2.55. The minimum absolute atomic E-state index is 0.0596. The van der Waals surface area contributed by atoms with E-state index < -0.39 is 37.0 Å². The smallest absolute Gasteiger partial charge is 0.288 e. The second kappa shape index (κ2) is 17.9. The molecule has 2 aliphatic carbocycles. The molecular weight excluding hydrogens is 912 g/mol. The van der Waals surface area contributed by atoms with E-state index in [0.717, 1.165) is 57.1 Å². The largest absolute Gasteiger partial charge is 0.491 e. The number of aromatic amines is 1. The fourth-order valence-electron chi connectivity index (χ4n) is 11.4. The molecule has 1 spiro atoms. The van der Waals surface area contributed by atoms with Crippen LogP contribution in [-0.2, 0) is 10.0 Å². The topological polar surface area (TPSA) is 180 Å². The second-order valence-electron chi connectivity index (χ2n) is 20.0. The van der Waals surface area contributed by atoms with Gasteiger partial charge in [-0.15, -0.1) is 11.8 Å². The van der Waals surface area contributed by atoms with E-state index in [0.29, 0.717) is 46.9 Å². The van der Waals surface area contributed by atoms with Gasteiger partial charge in [0, 0.05) is 65.9 Å². The molecule has 17 heteroatoms. The molecule has 67 heavy (non-hydrogen) atoms. The number of H-pyrrole nitrogens is 1. The van der Waals surface area contributed by atoms with Crippen LogP contribution >= 0.6 is 23.4 Å². The van der Waals surface area contributed by atoms with Crippen molar-refractivity contribution in [2.24, 2.45) is 11.3 Å². The number of fused-ring (bicyclic) bond motifs is 2. The SMILES string of the molecule is CC(C)c1ccccc1[C@@H]1CCCN1C1CC2(CCN(c3ccc(C(=O)NS(=O)(=O)c4cc5c(c([N+](=O)[O-])c4)S[C@@H]([C@H]4CC[C@](C)(O)CC4)CO5)c(Oc4cnc5[nH]cc(Cl)c5c4)c3)CC2)C1. The number of rotatable bonds is 11. The predicted molar refractivity (Wildman–Crippen MR) is 259 cm³/mol. The molecule has 5 heterocycles. The van der Waals surface area contributed by atoms with Crippen molar-refractivity contribution in [1.29, 1.82) is 0 Å². The van der Waals surface area contributed by atoms with Crippen molar-refractivity contribution in [3.63, 3.8) is 0 Å². The van der Waals surface area contributed by atoms with Crippen LogP contribution in [0.25, 0.3) is 11.0 Å². The number of ether oxygens (including phenoxy) is 2. The average Bonchev–Trinajstić information content (AvgIpc) is 3.94. The number of sulfonamides is 1. The van der Waals surface area contributed by atoms with Crippen LogP contribution in [0.15, 0.2) is 82.8 Å². The van der Waals surface area contributed by atoms with Crippen LogP contribution in [0.3, 0.4) is 0 Å². The van der Waals surface area contributed by atoms with Crippen LogP contribution < -0.4 is 19.1 Å². The lowest BCUT2D eigenvalue weighted by Crippen LogP contribution is -2.54. The van der Waals surface area contributed by atoms with Crippen LogP contribution in [0.5, 0.6) is 17.2 Å². The minimum atomic E-state index is -4.66. The third-order valence-electron chi connectivity index (χ3n) is 15.2. The van der Waals surface area contributed by atoms with Gasteiger partial charge in [0.25, 0.3) is 21.6 Å². The average molecular weight is 970 g/mol. The summed E-state index contributed by atoms with van der Waals surface area (Å²) in [6, 6.07) is 19.0. The number of hydrogen-bond donors (Lipinski definition) is 3. The van der Waals surface area contributed by atoms with Crippen molar-refractivity contribution < 1.29 is 32.7 Å². The second-order valence-corrected chi connectivity index (χ2v) is 23.3. The van der Waals surface area contributed by atoms with E-state index in [9.17, 15) is 28.4 Å². The van der Waals surface area contributed by atoms with Gasteiger partial charge in [-0.3, -0.25) is 19.8 Å². The Hall–Kier alpha value is -4.87. The number of likely N-dealkylation sites (tertiary alicyclic amines) is 1. The standard InChI is InChI=1S/C50H57ClN6O8S2/c1-30(2)36-7-4-5-8-37(36)41-9-6-18-56(41)33-25-50(26-33)16-19-55(20-17-50)32-10-11-38(43(21-32)65-34-22-39-40(51)28-53-47(39)52-27-34)48(58)54-67(62,63)35-23-42(57(60)61)46-44(24-35)64-29-45(66-46)31-12-14-49(3,59)15-13-31/h4-5,7-8,10-11,21-24,27-28,30-31,33,41,45,59H,6,9,12-20,25-26,29H2,1-3H3,(H,52,53)(H,54,58)/t31-,41-,45+,49-/m0/s1. The maximum Gasteiger partial charge on any atom is 0.288 e. The van der Waals surface area contributed by atoms with Gasteiger partial charge >= 0.3 is 0 Å². The summed E-state index contributed by atoms with van der Waals surface area (Å²) in [6.45, 7) is 9.39. The van der Waals surface area contributed by atoms with E-state index in [1.807, 2.05) is 6.92 Å². The number of piperidine rings is 1. The molecule has 354 valence electrons. The van der Waals surface area contributed by atoms with Crippen molar-refractivity contribution in [1.82, 2.24) is 19.6 Å². The molecule has 4 fully saturated rings. The maximum atomic E-state index is 14.1. The third kappa shape index (κ3) is 9.11. The number of amides is 1. The Balaban J connectivity index is 0.863. The van der Waals surface area contributed by atoms with Crippen molar-refractivity contribution in [3.05, 3.63) is 105 Å². The van der Waals surface area contributed by atoms with Crippen LogP contribution in [0.4, 0.5) is 11.4 Å². The van der Waals surface area contributed by atoms with Crippen molar-refractivity contribution >= 4 is 61.7 Å². The van der Waals surface area contributed by atoms with Crippen LogP contribution in [-0.4, -0.2) is 82.4 Å². The number of aromatic nitrogens is 2. The number of benzene rings is 3. The fraction of sp³-hybridized carbons (Fsp3) is 0.480. The van der Waals surface area contributed by atoms with Gasteiger partial charge in [0.05, 0.1) is 32.2 Å². The normalized spacial score (nSPS) is 24.3. The van der Waals surface area contributed by atoms with Gasteiger partial charge in [-0.05, 0) is 124 Å². The number of aliphatic hydroxyl groups is 1. The summed E-state index contributed by atoms with van der Waals surface area (Å²) in [5.41, 5.74) is 3.40. The zero-order valence-electron chi connectivity index (χ0n) is 38.0. The van der Waals surface area contributed by atoms with E-state index >= 15 is 0 Å². The highest BCUT2D eigenvalue weighted by molar-refractivity contribution is 8.00. The zero-order valence-corrected chi connectivity index (χ0v) is 40.4. The molecule has 5 aromatic rings. The molecule has 2 saturated carbocycles. The lowest BCUT2D eigenvalue weighted by Gasteiger charge is -2.56. The highest BCUT2D eigenvalue weighted by atomic mass is 35.5. The fourth-order valence-corrected chi connectivity index (χ4v) is 14.0. The summed E-state index contributed by atoms with van der Waals surface area (Å²) in [5, 5.41) is 23.8. The number of nitrogens with one attached hydrogen (secondary N) is 2. The molecule has 3 aromatic carbocycles. The lowest BCUT2D eigenvalue weighted by molar-refractivity contribution is -0.388. The molecule has 14 nitrogen and oxygen atoms in total. The maximum absolute atomic E-state index is 14.1. The summed E-state index contributed by atoms with van der Waals surface area (Å²) in [7, 11) is -4.66. The summed E-state index contributed by atoms with van der Waals surface area (Å²) in [4.78, 5) is 38.2. The first-order valence-electron chi connectivity index (χ1n) is 23.5. The zero-order chi connectivity index (χ0) is 46.8. The highest BCUT2D eigenvalue weighted by Gasteiger charge is 2.50. The first kappa shape index (κ1) is 45.9. The Labute approximate surface area is 400 Å². The first-order chi connectivity index (χ1) is 32.1. The van der Waals surface area contributed by atoms with Crippen LogP contribution in [0, 0.1) is 21.4 Å². The Morgan fingerprint density at radius 3 is 2.57 bits per heavy atom. The number of nitro groups is 1. The van der Waals surface area contributed by atoms with Crippen molar-refractivity contribution in [2.45, 2.75) is 124 Å². The monoisotopic (exact) mass is 968 g/mol. The van der Waals surface area contributed by atoms with Gasteiger partial charge in [0.15, 0.2) is 0 Å². The predicted octanol–water partition coefficient (Wildman–Crippen LogP) is 10.5. The summed E-state index contributed by atoms with van der Waals surface area (Å²) in [6.07, 6.45) is 12.7. The Bertz CT molecular complexity index is 2830. The number of anilines is 1. The molecule has 10 rings (SSSR count). The number of pyridine rings is 1. The molecular formula is C50H57ClN6O8S2. The number of hydrogen-bond acceptors (Lipinski definition) is 12. The summed E-state index contributed by atoms with van der Waals surface area (Å²) >= 11 is 7.73. The van der Waals surface area contributed by atoms with Gasteiger partial charge in [-0.1, -0.05) is 49.7 Å². The quantitative estimate of drug-likeness (QED) is 0.0843. The van der Waals surface area contributed by atoms with Crippen LogP contribution in [0.1, 0.15) is 118 Å².